The molecule has 0 bridgehead atoms. The number of ketones is 1. The van der Waals surface area contributed by atoms with Gasteiger partial charge in [0.2, 0.25) is 0 Å². The third-order valence-electron chi connectivity index (χ3n) is 1.88. The van der Waals surface area contributed by atoms with Crippen molar-refractivity contribution in [2.75, 3.05) is 13.2 Å². The van der Waals surface area contributed by atoms with Gasteiger partial charge >= 0.3 is 0 Å². The zero-order valence-corrected chi connectivity index (χ0v) is 10.2. The summed E-state index contributed by atoms with van der Waals surface area (Å²) in [5.74, 6) is -0.193. The predicted octanol–water partition coefficient (Wildman–Crippen LogP) is 2.04. The second-order valence-corrected chi connectivity index (χ2v) is 3.96. The van der Waals surface area contributed by atoms with Gasteiger partial charge in [0, 0.05) is 13.5 Å². The van der Waals surface area contributed by atoms with Crippen LogP contribution >= 0.6 is 15.9 Å². The molecule has 0 aliphatic rings. The SMILES string of the molecule is Cn1ncc(Br)c1C(=O)CCOCC(F)F. The van der Waals surface area contributed by atoms with Gasteiger partial charge in [-0.25, -0.2) is 8.78 Å². The Balaban J connectivity index is 2.41. The van der Waals surface area contributed by atoms with Gasteiger partial charge in [-0.2, -0.15) is 5.10 Å². The maximum absolute atomic E-state index is 11.7. The number of halogens is 3. The molecule has 0 N–H and O–H groups in total. The zero-order valence-electron chi connectivity index (χ0n) is 8.62. The number of hydrogen-bond acceptors (Lipinski definition) is 3. The molecule has 1 rings (SSSR count). The average molecular weight is 297 g/mol. The molecule has 0 unspecified atom stereocenters. The summed E-state index contributed by atoms with van der Waals surface area (Å²) in [6, 6.07) is 0. The van der Waals surface area contributed by atoms with Crippen LogP contribution < -0.4 is 0 Å². The molecule has 0 radical (unpaired) electrons. The summed E-state index contributed by atoms with van der Waals surface area (Å²) < 4.78 is 30.1. The Morgan fingerprint density at radius 3 is 2.88 bits per heavy atom. The molecule has 0 amide bonds. The van der Waals surface area contributed by atoms with Crippen molar-refractivity contribution in [3.05, 3.63) is 16.4 Å². The fourth-order valence-corrected chi connectivity index (χ4v) is 1.75. The fraction of sp³-hybridized carbons (Fsp3) is 0.556. The van der Waals surface area contributed by atoms with Gasteiger partial charge in [-0.1, -0.05) is 0 Å². The molecule has 0 aromatic carbocycles. The van der Waals surface area contributed by atoms with Crippen LogP contribution in [0.2, 0.25) is 0 Å². The van der Waals surface area contributed by atoms with E-state index in [1.807, 2.05) is 0 Å². The number of Topliss-reactive ketones (excluding diaryl/α,β-unsaturated/α-hetero) is 1. The van der Waals surface area contributed by atoms with Crippen molar-refractivity contribution >= 4 is 21.7 Å². The lowest BCUT2D eigenvalue weighted by molar-refractivity contribution is 0.0169. The number of hydrogen-bond donors (Lipinski definition) is 0. The van der Waals surface area contributed by atoms with Crippen LogP contribution in [0.3, 0.4) is 0 Å². The van der Waals surface area contributed by atoms with E-state index in [-0.39, 0.29) is 18.8 Å². The van der Waals surface area contributed by atoms with Gasteiger partial charge in [-0.3, -0.25) is 9.48 Å². The van der Waals surface area contributed by atoms with Gasteiger partial charge < -0.3 is 4.74 Å². The standard InChI is InChI=1S/C9H11BrF2N2O2/c1-14-9(6(10)4-13-14)7(15)2-3-16-5-8(11)12/h4,8H,2-3,5H2,1H3. The van der Waals surface area contributed by atoms with Crippen LogP contribution in [-0.4, -0.2) is 35.2 Å². The van der Waals surface area contributed by atoms with E-state index in [0.717, 1.165) is 0 Å². The minimum atomic E-state index is -2.50. The smallest absolute Gasteiger partial charge is 0.261 e. The van der Waals surface area contributed by atoms with Gasteiger partial charge in [0.25, 0.3) is 6.43 Å². The van der Waals surface area contributed by atoms with Crippen LogP contribution in [0, 0.1) is 0 Å². The molecule has 0 atom stereocenters. The molecular weight excluding hydrogens is 286 g/mol. The topological polar surface area (TPSA) is 44.1 Å². The molecule has 1 aromatic rings. The van der Waals surface area contributed by atoms with E-state index in [1.54, 1.807) is 7.05 Å². The van der Waals surface area contributed by atoms with E-state index in [4.69, 9.17) is 0 Å². The highest BCUT2D eigenvalue weighted by Gasteiger charge is 2.15. The summed E-state index contributed by atoms with van der Waals surface area (Å²) in [5, 5.41) is 3.88. The van der Waals surface area contributed by atoms with Crippen LogP contribution in [0.5, 0.6) is 0 Å². The van der Waals surface area contributed by atoms with E-state index >= 15 is 0 Å². The second-order valence-electron chi connectivity index (χ2n) is 3.10. The molecule has 7 heteroatoms. The van der Waals surface area contributed by atoms with E-state index < -0.39 is 13.0 Å². The van der Waals surface area contributed by atoms with E-state index in [0.29, 0.717) is 10.2 Å². The maximum Gasteiger partial charge on any atom is 0.261 e. The molecule has 1 aromatic heterocycles. The quantitative estimate of drug-likeness (QED) is 0.596. The molecule has 16 heavy (non-hydrogen) atoms. The van der Waals surface area contributed by atoms with Crippen molar-refractivity contribution < 1.29 is 18.3 Å². The number of carbonyl (C=O) groups is 1. The van der Waals surface area contributed by atoms with Crippen molar-refractivity contribution in [1.29, 1.82) is 0 Å². The molecule has 1 heterocycles. The molecule has 0 saturated heterocycles. The monoisotopic (exact) mass is 296 g/mol. The Labute approximate surface area is 99.7 Å². The summed E-state index contributed by atoms with van der Waals surface area (Å²) in [4.78, 5) is 11.6. The minimum absolute atomic E-state index is 0.0131. The number of aryl methyl sites for hydroxylation is 1. The number of ether oxygens (including phenoxy) is 1. The Hall–Kier alpha value is -0.820. The lowest BCUT2D eigenvalue weighted by Gasteiger charge is -2.04. The van der Waals surface area contributed by atoms with Crippen LogP contribution in [-0.2, 0) is 11.8 Å². The number of rotatable bonds is 6. The van der Waals surface area contributed by atoms with Crippen LogP contribution in [0.4, 0.5) is 8.78 Å². The summed E-state index contributed by atoms with van der Waals surface area (Å²) >= 11 is 3.18. The molecule has 0 aliphatic carbocycles. The zero-order chi connectivity index (χ0) is 12.1. The number of aromatic nitrogens is 2. The fourth-order valence-electron chi connectivity index (χ4n) is 1.18. The lowest BCUT2D eigenvalue weighted by Crippen LogP contribution is -2.12. The lowest BCUT2D eigenvalue weighted by atomic mass is 10.2. The highest BCUT2D eigenvalue weighted by Crippen LogP contribution is 2.16. The van der Waals surface area contributed by atoms with Crippen molar-refractivity contribution in [3.63, 3.8) is 0 Å². The first-order chi connectivity index (χ1) is 7.52. The Morgan fingerprint density at radius 1 is 1.69 bits per heavy atom. The first kappa shape index (κ1) is 13.2. The Morgan fingerprint density at radius 2 is 2.38 bits per heavy atom. The van der Waals surface area contributed by atoms with Crippen LogP contribution in [0.15, 0.2) is 10.7 Å². The van der Waals surface area contributed by atoms with Gasteiger partial charge in [0.15, 0.2) is 5.78 Å². The van der Waals surface area contributed by atoms with Crippen molar-refractivity contribution in [2.45, 2.75) is 12.8 Å². The Kier molecular flexibility index (Phi) is 5.01. The number of alkyl halides is 2. The molecule has 0 fully saturated rings. The van der Waals surface area contributed by atoms with Crippen LogP contribution in [0.1, 0.15) is 16.9 Å². The predicted molar refractivity (Wildman–Crippen MR) is 56.7 cm³/mol. The van der Waals surface area contributed by atoms with Crippen molar-refractivity contribution in [3.8, 4) is 0 Å². The molecule has 0 aliphatic heterocycles. The van der Waals surface area contributed by atoms with Crippen molar-refractivity contribution in [2.24, 2.45) is 7.05 Å². The highest BCUT2D eigenvalue weighted by molar-refractivity contribution is 9.10. The highest BCUT2D eigenvalue weighted by atomic mass is 79.9. The average Bonchev–Trinajstić information content (AvgIpc) is 2.53. The summed E-state index contributed by atoms with van der Waals surface area (Å²) in [5.41, 5.74) is 0.417. The first-order valence-corrected chi connectivity index (χ1v) is 5.38. The summed E-state index contributed by atoms with van der Waals surface area (Å²) in [6.45, 7) is -0.652. The third kappa shape index (κ3) is 3.64. The number of carbonyl (C=O) groups excluding carboxylic acids is 1. The molecule has 90 valence electrons. The van der Waals surface area contributed by atoms with Gasteiger partial charge in [-0.15, -0.1) is 0 Å². The van der Waals surface area contributed by atoms with E-state index in [1.165, 1.54) is 10.9 Å². The normalized spacial score (nSPS) is 11.1. The van der Waals surface area contributed by atoms with E-state index in [2.05, 4.69) is 25.8 Å². The first-order valence-electron chi connectivity index (χ1n) is 4.59. The molecule has 0 saturated carbocycles. The summed E-state index contributed by atoms with van der Waals surface area (Å²) in [7, 11) is 1.64. The summed E-state index contributed by atoms with van der Waals surface area (Å²) in [6.07, 6.45) is -0.934. The second kappa shape index (κ2) is 6.05. The Bertz CT molecular complexity index is 349. The van der Waals surface area contributed by atoms with Crippen molar-refractivity contribution in [1.82, 2.24) is 9.78 Å². The molecular formula is C9H11BrF2N2O2. The largest absolute Gasteiger partial charge is 0.375 e. The minimum Gasteiger partial charge on any atom is -0.375 e. The number of nitrogens with zero attached hydrogens (tertiary/aromatic N) is 2. The van der Waals surface area contributed by atoms with Gasteiger partial charge in [0.05, 0.1) is 17.3 Å². The van der Waals surface area contributed by atoms with Gasteiger partial charge in [-0.05, 0) is 15.9 Å². The van der Waals surface area contributed by atoms with E-state index in [9.17, 15) is 13.6 Å². The maximum atomic E-state index is 11.7. The van der Waals surface area contributed by atoms with Crippen LogP contribution in [0.25, 0.3) is 0 Å². The molecule has 0 spiro atoms. The van der Waals surface area contributed by atoms with Gasteiger partial charge in [0.1, 0.15) is 12.3 Å². The third-order valence-corrected chi connectivity index (χ3v) is 2.46. The molecule has 4 nitrogen and oxygen atoms in total.